The summed E-state index contributed by atoms with van der Waals surface area (Å²) >= 11 is 1.46. The molecule has 2 rings (SSSR count). The van der Waals surface area contributed by atoms with Crippen molar-refractivity contribution in [3.63, 3.8) is 0 Å². The number of aromatic nitrogens is 4. The van der Waals surface area contributed by atoms with E-state index in [0.717, 1.165) is 29.4 Å². The van der Waals surface area contributed by atoms with Crippen LogP contribution in [-0.2, 0) is 12.0 Å². The van der Waals surface area contributed by atoms with Crippen LogP contribution in [0.25, 0.3) is 0 Å². The van der Waals surface area contributed by atoms with Gasteiger partial charge in [-0.2, -0.15) is 0 Å². The molecular weight excluding hydrogens is 270 g/mol. The van der Waals surface area contributed by atoms with Crippen LogP contribution < -0.4 is 5.32 Å². The Hall–Kier alpha value is -1.27. The molecule has 0 aliphatic heterocycles. The molecule has 0 aliphatic rings. The van der Waals surface area contributed by atoms with Gasteiger partial charge in [0.2, 0.25) is 0 Å². The first-order valence-electron chi connectivity index (χ1n) is 7.00. The Balaban J connectivity index is 2.43. The molecule has 2 heterocycles. The molecule has 0 amide bonds. The maximum Gasteiger partial charge on any atom is 0.131 e. The van der Waals surface area contributed by atoms with Crippen molar-refractivity contribution in [1.29, 1.82) is 0 Å². The fraction of sp³-hybridized carbons (Fsp3) is 0.643. The number of rotatable bonds is 5. The molecule has 0 radical (unpaired) electrons. The van der Waals surface area contributed by atoms with E-state index in [9.17, 15) is 0 Å². The fourth-order valence-corrected chi connectivity index (χ4v) is 3.27. The van der Waals surface area contributed by atoms with Crippen molar-refractivity contribution in [2.45, 2.75) is 52.1 Å². The zero-order valence-electron chi connectivity index (χ0n) is 12.8. The largest absolute Gasteiger partial charge is 0.333 e. The van der Waals surface area contributed by atoms with Crippen LogP contribution in [0.5, 0.6) is 0 Å². The summed E-state index contributed by atoms with van der Waals surface area (Å²) in [5.74, 6) is 1.03. The predicted molar refractivity (Wildman–Crippen MR) is 82.0 cm³/mol. The van der Waals surface area contributed by atoms with Crippen molar-refractivity contribution < 1.29 is 0 Å². The topological polar surface area (TPSA) is 55.6 Å². The van der Waals surface area contributed by atoms with Crippen molar-refractivity contribution in [2.24, 2.45) is 0 Å². The second-order valence-electron chi connectivity index (χ2n) is 5.94. The lowest BCUT2D eigenvalue weighted by Gasteiger charge is -2.21. The molecule has 6 heteroatoms. The van der Waals surface area contributed by atoms with E-state index in [-0.39, 0.29) is 11.5 Å². The van der Waals surface area contributed by atoms with Crippen molar-refractivity contribution in [3.8, 4) is 0 Å². The standard InChI is InChI=1S/C14H23N5S/c1-6-8-19-9-7-16-13(19)10(15-5)11-12(14(2,3)4)17-18-20-11/h7,9-10,15H,6,8H2,1-5H3. The second-order valence-corrected chi connectivity index (χ2v) is 6.72. The number of nitrogens with zero attached hydrogens (tertiary/aromatic N) is 4. The van der Waals surface area contributed by atoms with Crippen molar-refractivity contribution in [2.75, 3.05) is 7.05 Å². The van der Waals surface area contributed by atoms with Crippen LogP contribution in [0.1, 0.15) is 56.6 Å². The van der Waals surface area contributed by atoms with E-state index < -0.39 is 0 Å². The molecule has 0 saturated heterocycles. The van der Waals surface area contributed by atoms with Crippen LogP contribution >= 0.6 is 11.5 Å². The molecular formula is C14H23N5S. The summed E-state index contributed by atoms with van der Waals surface area (Å²) in [7, 11) is 1.96. The van der Waals surface area contributed by atoms with Crippen LogP contribution in [0.4, 0.5) is 0 Å². The van der Waals surface area contributed by atoms with Crippen LogP contribution in [0.2, 0.25) is 0 Å². The molecule has 20 heavy (non-hydrogen) atoms. The van der Waals surface area contributed by atoms with Gasteiger partial charge in [-0.1, -0.05) is 32.2 Å². The molecule has 110 valence electrons. The van der Waals surface area contributed by atoms with Gasteiger partial charge in [0.05, 0.1) is 10.6 Å². The normalized spacial score (nSPS) is 13.7. The smallest absolute Gasteiger partial charge is 0.131 e. The zero-order valence-corrected chi connectivity index (χ0v) is 13.7. The predicted octanol–water partition coefficient (Wildman–Crippen LogP) is 2.75. The average Bonchev–Trinajstić information content (AvgIpc) is 3.00. The molecule has 5 nitrogen and oxygen atoms in total. The van der Waals surface area contributed by atoms with E-state index in [4.69, 9.17) is 0 Å². The minimum absolute atomic E-state index is 0.0143. The number of aryl methyl sites for hydroxylation is 1. The van der Waals surface area contributed by atoms with Crippen LogP contribution in [-0.4, -0.2) is 26.2 Å². The van der Waals surface area contributed by atoms with Crippen molar-refractivity contribution in [1.82, 2.24) is 24.5 Å². The first-order valence-corrected chi connectivity index (χ1v) is 7.77. The summed E-state index contributed by atoms with van der Waals surface area (Å²) < 4.78 is 6.36. The summed E-state index contributed by atoms with van der Waals surface area (Å²) in [6, 6.07) is 0.0470. The first-order chi connectivity index (χ1) is 9.49. The molecule has 1 atom stereocenters. The Bertz CT molecular complexity index is 552. The highest BCUT2D eigenvalue weighted by Crippen LogP contribution is 2.32. The molecule has 0 bridgehead atoms. The van der Waals surface area contributed by atoms with E-state index in [1.165, 1.54) is 11.5 Å². The Kier molecular flexibility index (Phi) is 4.55. The van der Waals surface area contributed by atoms with E-state index in [1.54, 1.807) is 0 Å². The second kappa shape index (κ2) is 6.01. The molecule has 1 unspecified atom stereocenters. The lowest BCUT2D eigenvalue weighted by atomic mass is 9.90. The highest BCUT2D eigenvalue weighted by atomic mass is 32.1. The Morgan fingerprint density at radius 1 is 1.40 bits per heavy atom. The summed E-state index contributed by atoms with van der Waals surface area (Å²) in [5.41, 5.74) is 1.03. The van der Waals surface area contributed by atoms with Gasteiger partial charge < -0.3 is 9.88 Å². The van der Waals surface area contributed by atoms with Gasteiger partial charge in [0.15, 0.2) is 0 Å². The molecule has 0 fully saturated rings. The number of imidazole rings is 1. The van der Waals surface area contributed by atoms with E-state index in [1.807, 2.05) is 19.4 Å². The Morgan fingerprint density at radius 2 is 2.15 bits per heavy atom. The molecule has 0 spiro atoms. The Morgan fingerprint density at radius 3 is 2.75 bits per heavy atom. The van der Waals surface area contributed by atoms with Gasteiger partial charge in [-0.25, -0.2) is 4.98 Å². The minimum Gasteiger partial charge on any atom is -0.333 e. The third-order valence-corrected chi connectivity index (χ3v) is 4.03. The fourth-order valence-electron chi connectivity index (χ4n) is 2.30. The summed E-state index contributed by atoms with van der Waals surface area (Å²) in [5, 5.41) is 7.70. The van der Waals surface area contributed by atoms with Gasteiger partial charge >= 0.3 is 0 Å². The van der Waals surface area contributed by atoms with E-state index in [0.29, 0.717) is 0 Å². The summed E-state index contributed by atoms with van der Waals surface area (Å²) in [4.78, 5) is 5.69. The monoisotopic (exact) mass is 293 g/mol. The molecule has 2 aromatic rings. The third kappa shape index (κ3) is 2.91. The van der Waals surface area contributed by atoms with Crippen molar-refractivity contribution >= 4 is 11.5 Å². The molecule has 2 aromatic heterocycles. The van der Waals surface area contributed by atoms with Crippen LogP contribution in [0.15, 0.2) is 12.4 Å². The van der Waals surface area contributed by atoms with Gasteiger partial charge in [0.25, 0.3) is 0 Å². The highest BCUT2D eigenvalue weighted by Gasteiger charge is 2.29. The number of hydrogen-bond acceptors (Lipinski definition) is 5. The lowest BCUT2D eigenvalue weighted by Crippen LogP contribution is -2.25. The zero-order chi connectivity index (χ0) is 14.8. The van der Waals surface area contributed by atoms with Crippen LogP contribution in [0, 0.1) is 0 Å². The number of nitrogens with one attached hydrogen (secondary N) is 1. The first kappa shape index (κ1) is 15.1. The molecule has 0 aromatic carbocycles. The highest BCUT2D eigenvalue weighted by molar-refractivity contribution is 7.05. The molecule has 0 aliphatic carbocycles. The average molecular weight is 293 g/mol. The van der Waals surface area contributed by atoms with E-state index >= 15 is 0 Å². The third-order valence-electron chi connectivity index (χ3n) is 3.25. The van der Waals surface area contributed by atoms with Gasteiger partial charge in [0.1, 0.15) is 11.9 Å². The Labute approximate surface area is 124 Å². The van der Waals surface area contributed by atoms with Gasteiger partial charge in [0, 0.05) is 24.4 Å². The van der Waals surface area contributed by atoms with Crippen molar-refractivity contribution in [3.05, 3.63) is 28.8 Å². The van der Waals surface area contributed by atoms with Gasteiger partial charge in [-0.3, -0.25) is 0 Å². The SMILES string of the molecule is CCCn1ccnc1C(NC)c1snnc1C(C)(C)C. The van der Waals surface area contributed by atoms with Gasteiger partial charge in [-0.15, -0.1) is 5.10 Å². The van der Waals surface area contributed by atoms with E-state index in [2.05, 4.69) is 52.1 Å². The maximum atomic E-state index is 4.54. The lowest BCUT2D eigenvalue weighted by molar-refractivity contribution is 0.531. The van der Waals surface area contributed by atoms with Crippen LogP contribution in [0.3, 0.4) is 0 Å². The minimum atomic E-state index is -0.0143. The quantitative estimate of drug-likeness (QED) is 0.921. The summed E-state index contributed by atoms with van der Waals surface area (Å²) in [6.45, 7) is 9.65. The molecule has 0 saturated carbocycles. The number of hydrogen-bond donors (Lipinski definition) is 1. The van der Waals surface area contributed by atoms with Gasteiger partial charge in [-0.05, 0) is 25.0 Å². The maximum absolute atomic E-state index is 4.54. The molecule has 1 N–H and O–H groups in total. The summed E-state index contributed by atoms with van der Waals surface area (Å²) in [6.07, 6.45) is 4.99.